The minimum Gasteiger partial charge on any atom is -0.481 e. The van der Waals surface area contributed by atoms with Crippen LogP contribution in [0.4, 0.5) is 0 Å². The lowest BCUT2D eigenvalue weighted by Gasteiger charge is -2.16. The van der Waals surface area contributed by atoms with E-state index in [0.29, 0.717) is 24.9 Å². The first-order valence-electron chi connectivity index (χ1n) is 8.82. The van der Waals surface area contributed by atoms with E-state index in [9.17, 15) is 4.79 Å². The van der Waals surface area contributed by atoms with E-state index in [4.69, 9.17) is 14.6 Å². The molecular formula is C20H28O4. The average molecular weight is 332 g/mol. The maximum atomic E-state index is 10.4. The van der Waals surface area contributed by atoms with Crippen LogP contribution in [0.3, 0.4) is 0 Å². The molecule has 0 bridgehead atoms. The molecule has 0 spiro atoms. The Balaban J connectivity index is 1.58. The summed E-state index contributed by atoms with van der Waals surface area (Å²) in [5.74, 6) is 0.397. The second kappa shape index (κ2) is 11.0. The summed E-state index contributed by atoms with van der Waals surface area (Å²) < 4.78 is 11.4. The summed E-state index contributed by atoms with van der Waals surface area (Å²) in [6.45, 7) is 3.08. The molecule has 0 amide bonds. The van der Waals surface area contributed by atoms with Gasteiger partial charge >= 0.3 is 5.97 Å². The summed E-state index contributed by atoms with van der Waals surface area (Å²) in [6, 6.07) is 10.2. The number of unbranched alkanes of at least 4 members (excludes halogenated alkanes) is 1. The highest BCUT2D eigenvalue weighted by Gasteiger charge is 2.26. The Hall–Kier alpha value is -1.65. The van der Waals surface area contributed by atoms with Crippen LogP contribution in [0.2, 0.25) is 0 Å². The fourth-order valence-electron chi connectivity index (χ4n) is 2.98. The highest BCUT2D eigenvalue weighted by atomic mass is 16.5. The Bertz CT molecular complexity index is 498. The molecule has 0 saturated carbocycles. The van der Waals surface area contributed by atoms with E-state index in [2.05, 4.69) is 24.3 Å². The van der Waals surface area contributed by atoms with E-state index < -0.39 is 5.97 Å². The number of carboxylic acid groups (broad SMARTS) is 1. The summed E-state index contributed by atoms with van der Waals surface area (Å²) >= 11 is 0. The Kier molecular flexibility index (Phi) is 8.56. The van der Waals surface area contributed by atoms with Crippen molar-refractivity contribution in [3.63, 3.8) is 0 Å². The highest BCUT2D eigenvalue weighted by Crippen LogP contribution is 2.27. The van der Waals surface area contributed by atoms with E-state index in [1.54, 1.807) is 0 Å². The molecule has 132 valence electrons. The number of allylic oxidation sites excluding steroid dienone is 2. The molecule has 24 heavy (non-hydrogen) atoms. The minimum atomic E-state index is -0.719. The normalized spacial score (nSPS) is 20.7. The van der Waals surface area contributed by atoms with Gasteiger partial charge in [0.05, 0.1) is 13.2 Å². The number of carboxylic acids is 1. The summed E-state index contributed by atoms with van der Waals surface area (Å²) in [4.78, 5) is 10.4. The van der Waals surface area contributed by atoms with Gasteiger partial charge in [0.25, 0.3) is 0 Å². The second-order valence-electron chi connectivity index (χ2n) is 6.38. The largest absolute Gasteiger partial charge is 0.481 e. The van der Waals surface area contributed by atoms with Crippen LogP contribution in [0.25, 0.3) is 0 Å². The van der Waals surface area contributed by atoms with E-state index in [1.807, 2.05) is 18.2 Å². The maximum absolute atomic E-state index is 10.4. The van der Waals surface area contributed by atoms with E-state index in [-0.39, 0.29) is 6.42 Å². The number of benzene rings is 1. The molecule has 0 aliphatic carbocycles. The number of hydrogen-bond donors (Lipinski definition) is 1. The molecule has 0 radical (unpaired) electrons. The first-order valence-corrected chi connectivity index (χ1v) is 8.82. The first-order chi connectivity index (χ1) is 11.8. The average Bonchev–Trinajstić information content (AvgIpc) is 3.03. The van der Waals surface area contributed by atoms with Crippen molar-refractivity contribution in [1.82, 2.24) is 0 Å². The van der Waals surface area contributed by atoms with Crippen molar-refractivity contribution < 1.29 is 19.4 Å². The third kappa shape index (κ3) is 7.28. The molecule has 1 N–H and O–H groups in total. The van der Waals surface area contributed by atoms with Gasteiger partial charge in [-0.05, 0) is 43.1 Å². The van der Waals surface area contributed by atoms with Crippen molar-refractivity contribution in [1.29, 1.82) is 0 Å². The zero-order valence-corrected chi connectivity index (χ0v) is 14.2. The van der Waals surface area contributed by atoms with Crippen LogP contribution in [-0.4, -0.2) is 30.9 Å². The van der Waals surface area contributed by atoms with Gasteiger partial charge in [0, 0.05) is 19.6 Å². The third-order valence-corrected chi connectivity index (χ3v) is 4.44. The van der Waals surface area contributed by atoms with Gasteiger partial charge in [-0.2, -0.15) is 0 Å². The van der Waals surface area contributed by atoms with Crippen LogP contribution in [0.15, 0.2) is 42.5 Å². The standard InChI is InChI=1S/C20H28O4/c21-20(22)11-7-2-1-6-10-18-15-24-16-19(18)12-13-23-14-17-8-4-3-5-9-17/h1,3-6,8-9,18-19H,2,7,10-16H2,(H,21,22)/t18-,19+/m0/s1. The van der Waals surface area contributed by atoms with Crippen LogP contribution in [0.5, 0.6) is 0 Å². The van der Waals surface area contributed by atoms with Gasteiger partial charge in [-0.25, -0.2) is 0 Å². The molecule has 1 aromatic rings. The van der Waals surface area contributed by atoms with E-state index >= 15 is 0 Å². The van der Waals surface area contributed by atoms with Gasteiger partial charge < -0.3 is 14.6 Å². The van der Waals surface area contributed by atoms with Crippen LogP contribution < -0.4 is 0 Å². The fourth-order valence-corrected chi connectivity index (χ4v) is 2.98. The summed E-state index contributed by atoms with van der Waals surface area (Å²) in [6.07, 6.45) is 8.12. The number of carbonyl (C=O) groups is 1. The zero-order chi connectivity index (χ0) is 17.0. The predicted octanol–water partition coefficient (Wildman–Crippen LogP) is 4.06. The van der Waals surface area contributed by atoms with Crippen molar-refractivity contribution in [2.75, 3.05) is 19.8 Å². The first kappa shape index (κ1) is 18.7. The summed E-state index contributed by atoms with van der Waals surface area (Å²) in [5.41, 5.74) is 1.21. The summed E-state index contributed by atoms with van der Waals surface area (Å²) in [7, 11) is 0. The van der Waals surface area contributed by atoms with Crippen molar-refractivity contribution in [2.45, 2.75) is 38.7 Å². The molecule has 0 aromatic heterocycles. The molecule has 4 heteroatoms. The lowest BCUT2D eigenvalue weighted by molar-refractivity contribution is -0.137. The van der Waals surface area contributed by atoms with Crippen molar-refractivity contribution in [3.8, 4) is 0 Å². The molecule has 1 aromatic carbocycles. The van der Waals surface area contributed by atoms with Crippen molar-refractivity contribution in [2.24, 2.45) is 11.8 Å². The second-order valence-corrected chi connectivity index (χ2v) is 6.38. The monoisotopic (exact) mass is 332 g/mol. The van der Waals surface area contributed by atoms with E-state index in [1.165, 1.54) is 5.56 Å². The highest BCUT2D eigenvalue weighted by molar-refractivity contribution is 5.66. The Morgan fingerprint density at radius 3 is 2.79 bits per heavy atom. The quantitative estimate of drug-likeness (QED) is 0.490. The minimum absolute atomic E-state index is 0.248. The number of hydrogen-bond acceptors (Lipinski definition) is 3. The lowest BCUT2D eigenvalue weighted by Crippen LogP contribution is -2.14. The Labute approximate surface area is 144 Å². The molecule has 4 nitrogen and oxygen atoms in total. The molecule has 1 heterocycles. The Morgan fingerprint density at radius 1 is 1.21 bits per heavy atom. The van der Waals surface area contributed by atoms with Crippen molar-refractivity contribution in [3.05, 3.63) is 48.0 Å². The van der Waals surface area contributed by atoms with Gasteiger partial charge in [0.15, 0.2) is 0 Å². The van der Waals surface area contributed by atoms with E-state index in [0.717, 1.165) is 39.1 Å². The Morgan fingerprint density at radius 2 is 2.00 bits per heavy atom. The molecule has 1 fully saturated rings. The van der Waals surface area contributed by atoms with Crippen LogP contribution in [0.1, 0.15) is 37.7 Å². The molecular weight excluding hydrogens is 304 g/mol. The zero-order valence-electron chi connectivity index (χ0n) is 14.2. The predicted molar refractivity (Wildman–Crippen MR) is 93.8 cm³/mol. The third-order valence-electron chi connectivity index (χ3n) is 4.44. The lowest BCUT2D eigenvalue weighted by atomic mass is 9.90. The van der Waals surface area contributed by atoms with Gasteiger partial charge in [-0.15, -0.1) is 0 Å². The SMILES string of the molecule is O=C(O)CCCC=CC[C@H]1COC[C@H]1CCOCc1ccccc1. The molecule has 1 aliphatic heterocycles. The molecule has 1 aliphatic rings. The number of aliphatic carboxylic acids is 1. The molecule has 1 saturated heterocycles. The van der Waals surface area contributed by atoms with Crippen molar-refractivity contribution >= 4 is 5.97 Å². The van der Waals surface area contributed by atoms with Crippen LogP contribution in [-0.2, 0) is 20.9 Å². The fraction of sp³-hybridized carbons (Fsp3) is 0.550. The number of ether oxygens (including phenoxy) is 2. The number of rotatable bonds is 11. The molecule has 2 atom stereocenters. The van der Waals surface area contributed by atoms with Crippen LogP contribution >= 0.6 is 0 Å². The summed E-state index contributed by atoms with van der Waals surface area (Å²) in [5, 5.41) is 8.60. The van der Waals surface area contributed by atoms with Gasteiger partial charge in [-0.1, -0.05) is 42.5 Å². The topological polar surface area (TPSA) is 55.8 Å². The van der Waals surface area contributed by atoms with Gasteiger partial charge in [0.1, 0.15) is 0 Å². The van der Waals surface area contributed by atoms with Gasteiger partial charge in [-0.3, -0.25) is 4.79 Å². The van der Waals surface area contributed by atoms with Crippen LogP contribution in [0, 0.1) is 11.8 Å². The van der Waals surface area contributed by atoms with Gasteiger partial charge in [0.2, 0.25) is 0 Å². The smallest absolute Gasteiger partial charge is 0.303 e. The molecule has 0 unspecified atom stereocenters. The maximum Gasteiger partial charge on any atom is 0.303 e. The molecule has 2 rings (SSSR count).